The van der Waals surface area contributed by atoms with Gasteiger partial charge in [-0.05, 0) is 25.0 Å². The molecule has 0 saturated heterocycles. The lowest BCUT2D eigenvalue weighted by atomic mass is 9.76. The molecule has 0 bridgehead atoms. The number of Topliss-reactive ketones (excluding diaryl/α,β-unsaturated/α-hetero) is 1. The lowest BCUT2D eigenvalue weighted by Crippen LogP contribution is -2.54. The highest BCUT2D eigenvalue weighted by atomic mass is 16.6. The van der Waals surface area contributed by atoms with Crippen LogP contribution in [0.1, 0.15) is 32.3 Å². The summed E-state index contributed by atoms with van der Waals surface area (Å²) in [6, 6.07) is 9.57. The summed E-state index contributed by atoms with van der Waals surface area (Å²) in [5.74, 6) is -1.59. The average molecular weight is 410 g/mol. The highest BCUT2D eigenvalue weighted by molar-refractivity contribution is 6.22. The van der Waals surface area contributed by atoms with Gasteiger partial charge in [0.15, 0.2) is 11.9 Å². The van der Waals surface area contributed by atoms with E-state index in [0.717, 1.165) is 5.69 Å². The molecule has 8 heteroatoms. The highest BCUT2D eigenvalue weighted by Gasteiger charge is 2.49. The fourth-order valence-electron chi connectivity index (χ4n) is 4.04. The van der Waals surface area contributed by atoms with E-state index in [1.54, 1.807) is 17.1 Å². The van der Waals surface area contributed by atoms with Crippen LogP contribution < -0.4 is 0 Å². The molecular weight excluding hydrogens is 388 g/mol. The fourth-order valence-corrected chi connectivity index (χ4v) is 4.04. The van der Waals surface area contributed by atoms with Gasteiger partial charge in [-0.25, -0.2) is 4.68 Å². The number of aromatic nitrogens is 2. The number of ether oxygens (including phenoxy) is 3. The number of carbonyl (C=O) groups is 3. The summed E-state index contributed by atoms with van der Waals surface area (Å²) in [7, 11) is 0. The lowest BCUT2D eigenvalue weighted by molar-refractivity contribution is -0.188. The van der Waals surface area contributed by atoms with Crippen LogP contribution in [0.5, 0.6) is 0 Å². The molecule has 0 radical (unpaired) electrons. The number of allylic oxidation sites excluding steroid dienone is 1. The van der Waals surface area contributed by atoms with Crippen molar-refractivity contribution in [2.24, 2.45) is 5.92 Å². The van der Waals surface area contributed by atoms with Crippen molar-refractivity contribution in [1.29, 1.82) is 0 Å². The Morgan fingerprint density at radius 2 is 1.83 bits per heavy atom. The maximum atomic E-state index is 13.2. The zero-order valence-corrected chi connectivity index (χ0v) is 16.7. The Balaban J connectivity index is 1.59. The second kappa shape index (κ2) is 8.14. The summed E-state index contributed by atoms with van der Waals surface area (Å²) in [5, 5.41) is 4.34. The molecule has 2 heterocycles. The Morgan fingerprint density at radius 3 is 2.53 bits per heavy atom. The van der Waals surface area contributed by atoms with Crippen LogP contribution in [-0.4, -0.2) is 45.8 Å². The Kier molecular flexibility index (Phi) is 5.39. The number of rotatable bonds is 4. The van der Waals surface area contributed by atoms with Gasteiger partial charge in [0, 0.05) is 25.6 Å². The largest absolute Gasteiger partial charge is 0.492 e. The molecule has 1 aliphatic carbocycles. The number of para-hydroxylation sites is 1. The van der Waals surface area contributed by atoms with Crippen molar-refractivity contribution in [3.8, 4) is 5.69 Å². The van der Waals surface area contributed by atoms with Crippen molar-refractivity contribution in [3.05, 3.63) is 54.6 Å². The summed E-state index contributed by atoms with van der Waals surface area (Å²) in [5.41, 5.74) is 1.95. The molecule has 0 spiro atoms. The molecule has 1 aliphatic heterocycles. The topological polar surface area (TPSA) is 96.7 Å². The van der Waals surface area contributed by atoms with E-state index in [0.29, 0.717) is 24.0 Å². The Labute approximate surface area is 173 Å². The van der Waals surface area contributed by atoms with Gasteiger partial charge in [-0.15, -0.1) is 0 Å². The zero-order chi connectivity index (χ0) is 21.3. The Morgan fingerprint density at radius 1 is 1.10 bits per heavy atom. The van der Waals surface area contributed by atoms with Crippen LogP contribution in [0, 0.1) is 5.92 Å². The number of esters is 2. The highest BCUT2D eigenvalue weighted by Crippen LogP contribution is 2.38. The quantitative estimate of drug-likeness (QED) is 0.714. The Bertz CT molecular complexity index is 996. The normalized spacial score (nSPS) is 25.5. The van der Waals surface area contributed by atoms with E-state index in [9.17, 15) is 14.4 Å². The van der Waals surface area contributed by atoms with Gasteiger partial charge in [-0.3, -0.25) is 14.4 Å². The minimum Gasteiger partial charge on any atom is -0.492 e. The van der Waals surface area contributed by atoms with Crippen molar-refractivity contribution >= 4 is 23.3 Å². The van der Waals surface area contributed by atoms with E-state index in [1.807, 2.05) is 30.3 Å². The van der Waals surface area contributed by atoms with Crippen LogP contribution in [-0.2, 0) is 28.6 Å². The molecule has 4 rings (SSSR count). The van der Waals surface area contributed by atoms with Crippen LogP contribution in [0.4, 0.5) is 0 Å². The predicted octanol–water partition coefficient (Wildman–Crippen LogP) is 2.45. The molecule has 2 aliphatic rings. The molecule has 1 aromatic carbocycles. The number of nitrogens with zero attached hydrogens (tertiary/aromatic N) is 2. The number of fused-ring (bicyclic) bond motifs is 1. The van der Waals surface area contributed by atoms with Crippen molar-refractivity contribution in [2.45, 2.75) is 45.0 Å². The van der Waals surface area contributed by atoms with E-state index in [1.165, 1.54) is 20.1 Å². The van der Waals surface area contributed by atoms with Gasteiger partial charge < -0.3 is 14.2 Å². The molecule has 2 aromatic rings. The zero-order valence-electron chi connectivity index (χ0n) is 16.7. The molecule has 8 nitrogen and oxygen atoms in total. The second-order valence-electron chi connectivity index (χ2n) is 7.41. The SMILES string of the molecule is CC(=O)OC1CCC2C(=O)C(c3cnn(-c4ccccc4)c3)=COC2C1OC(C)=O. The first-order valence-corrected chi connectivity index (χ1v) is 9.79. The first-order valence-electron chi connectivity index (χ1n) is 9.79. The van der Waals surface area contributed by atoms with Crippen LogP contribution in [0.15, 0.2) is 49.0 Å². The molecule has 4 unspecified atom stereocenters. The van der Waals surface area contributed by atoms with Crippen LogP contribution in [0.3, 0.4) is 0 Å². The molecule has 0 N–H and O–H groups in total. The van der Waals surface area contributed by atoms with Gasteiger partial charge in [0.1, 0.15) is 12.2 Å². The van der Waals surface area contributed by atoms with Crippen molar-refractivity contribution in [1.82, 2.24) is 9.78 Å². The number of benzene rings is 1. The van der Waals surface area contributed by atoms with Gasteiger partial charge in [0.2, 0.25) is 0 Å². The third kappa shape index (κ3) is 3.85. The lowest BCUT2D eigenvalue weighted by Gasteiger charge is -2.42. The third-order valence-electron chi connectivity index (χ3n) is 5.33. The van der Waals surface area contributed by atoms with E-state index < -0.39 is 36.2 Å². The monoisotopic (exact) mass is 410 g/mol. The predicted molar refractivity (Wildman–Crippen MR) is 105 cm³/mol. The number of carbonyl (C=O) groups excluding carboxylic acids is 3. The maximum Gasteiger partial charge on any atom is 0.303 e. The minimum atomic E-state index is -0.834. The van der Waals surface area contributed by atoms with E-state index in [-0.39, 0.29) is 5.78 Å². The van der Waals surface area contributed by atoms with Gasteiger partial charge in [0.25, 0.3) is 0 Å². The third-order valence-corrected chi connectivity index (χ3v) is 5.33. The number of ketones is 1. The standard InChI is InChI=1S/C22H22N2O6/c1-13(25)29-19-9-8-17-20(27)18(12-28-21(17)22(19)30-14(2)26)15-10-23-24(11-15)16-6-4-3-5-7-16/h3-7,10-12,17,19,21-22H,8-9H2,1-2H3. The molecule has 4 atom stereocenters. The van der Waals surface area contributed by atoms with Crippen molar-refractivity contribution in [3.63, 3.8) is 0 Å². The summed E-state index contributed by atoms with van der Waals surface area (Å²) >= 11 is 0. The van der Waals surface area contributed by atoms with E-state index in [2.05, 4.69) is 5.10 Å². The molecule has 30 heavy (non-hydrogen) atoms. The maximum absolute atomic E-state index is 13.2. The van der Waals surface area contributed by atoms with Crippen LogP contribution in [0.25, 0.3) is 11.3 Å². The summed E-state index contributed by atoms with van der Waals surface area (Å²) in [6.07, 6.45) is 3.48. The molecular formula is C22H22N2O6. The smallest absolute Gasteiger partial charge is 0.303 e. The number of hydrogen-bond donors (Lipinski definition) is 0. The van der Waals surface area contributed by atoms with Crippen molar-refractivity contribution < 1.29 is 28.6 Å². The van der Waals surface area contributed by atoms with Gasteiger partial charge in [-0.2, -0.15) is 5.10 Å². The van der Waals surface area contributed by atoms with E-state index >= 15 is 0 Å². The fraction of sp³-hybridized carbons (Fsp3) is 0.364. The van der Waals surface area contributed by atoms with Gasteiger partial charge >= 0.3 is 11.9 Å². The average Bonchev–Trinajstić information content (AvgIpc) is 3.20. The number of hydrogen-bond acceptors (Lipinski definition) is 7. The van der Waals surface area contributed by atoms with Crippen LogP contribution >= 0.6 is 0 Å². The summed E-state index contributed by atoms with van der Waals surface area (Å²) in [4.78, 5) is 36.3. The van der Waals surface area contributed by atoms with Crippen molar-refractivity contribution in [2.75, 3.05) is 0 Å². The minimum absolute atomic E-state index is 0.0997. The first-order chi connectivity index (χ1) is 14.4. The molecule has 1 fully saturated rings. The van der Waals surface area contributed by atoms with Crippen LogP contribution in [0.2, 0.25) is 0 Å². The molecule has 0 amide bonds. The summed E-state index contributed by atoms with van der Waals surface area (Å²) in [6.45, 7) is 2.57. The summed E-state index contributed by atoms with van der Waals surface area (Å²) < 4.78 is 18.3. The first kappa shape index (κ1) is 19.9. The second-order valence-corrected chi connectivity index (χ2v) is 7.41. The van der Waals surface area contributed by atoms with E-state index in [4.69, 9.17) is 14.2 Å². The molecule has 156 valence electrons. The molecule has 1 saturated carbocycles. The van der Waals surface area contributed by atoms with Gasteiger partial charge in [0.05, 0.1) is 29.6 Å². The molecule has 1 aromatic heterocycles. The Hall–Kier alpha value is -3.42. The van der Waals surface area contributed by atoms with Gasteiger partial charge in [-0.1, -0.05) is 18.2 Å².